The van der Waals surface area contributed by atoms with Gasteiger partial charge in [-0.05, 0) is 36.3 Å². The van der Waals surface area contributed by atoms with Crippen LogP contribution in [0.25, 0.3) is 6.08 Å². The highest BCUT2D eigenvalue weighted by atomic mass is 32.1. The smallest absolute Gasteiger partial charge is 0.266 e. The monoisotopic (exact) mass is 408 g/mol. The Bertz CT molecular complexity index is 1120. The van der Waals surface area contributed by atoms with E-state index in [2.05, 4.69) is 5.32 Å². The summed E-state index contributed by atoms with van der Waals surface area (Å²) in [5, 5.41) is 21.7. The molecule has 0 unspecified atom stereocenters. The third-order valence-electron chi connectivity index (χ3n) is 4.16. The summed E-state index contributed by atoms with van der Waals surface area (Å²) in [6, 6.07) is 8.92. The molecule has 8 nitrogen and oxygen atoms in total. The number of nitrogens with one attached hydrogen (secondary N) is 1. The second-order valence-electron chi connectivity index (χ2n) is 6.31. The van der Waals surface area contributed by atoms with E-state index < -0.39 is 5.91 Å². The number of benzene rings is 1. The van der Waals surface area contributed by atoms with E-state index in [0.29, 0.717) is 27.5 Å². The zero-order chi connectivity index (χ0) is 21.1. The van der Waals surface area contributed by atoms with Crippen LogP contribution in [-0.2, 0) is 4.79 Å². The van der Waals surface area contributed by atoms with Crippen molar-refractivity contribution in [1.29, 1.82) is 10.5 Å². The Kier molecular flexibility index (Phi) is 5.53. The van der Waals surface area contributed by atoms with Crippen molar-refractivity contribution in [2.24, 2.45) is 0 Å². The number of carbonyl (C=O) groups excluding carboxylic acids is 2. The summed E-state index contributed by atoms with van der Waals surface area (Å²) in [6.45, 7) is 1.77. The summed E-state index contributed by atoms with van der Waals surface area (Å²) >= 11 is 1.01. The Morgan fingerprint density at radius 1 is 1.24 bits per heavy atom. The molecular formula is C20H16N4O4S. The van der Waals surface area contributed by atoms with Gasteiger partial charge in [-0.15, -0.1) is 11.3 Å². The number of amides is 2. The molecule has 29 heavy (non-hydrogen) atoms. The highest BCUT2D eigenvalue weighted by molar-refractivity contribution is 7.18. The van der Waals surface area contributed by atoms with Crippen molar-refractivity contribution < 1.29 is 19.1 Å². The zero-order valence-electron chi connectivity index (χ0n) is 15.9. The Balaban J connectivity index is 1.89. The van der Waals surface area contributed by atoms with Gasteiger partial charge in [0.15, 0.2) is 11.5 Å². The average Bonchev–Trinajstić information content (AvgIpc) is 3.28. The summed E-state index contributed by atoms with van der Waals surface area (Å²) in [6.07, 6.45) is 1.41. The molecule has 0 saturated heterocycles. The lowest BCUT2D eigenvalue weighted by Crippen LogP contribution is -2.21. The van der Waals surface area contributed by atoms with E-state index in [9.17, 15) is 20.1 Å². The minimum atomic E-state index is -0.674. The number of rotatable bonds is 4. The van der Waals surface area contributed by atoms with E-state index in [-0.39, 0.29) is 28.8 Å². The van der Waals surface area contributed by atoms with Crippen LogP contribution in [0.4, 0.5) is 5.00 Å². The van der Waals surface area contributed by atoms with Gasteiger partial charge in [0.25, 0.3) is 11.8 Å². The van der Waals surface area contributed by atoms with Crippen LogP contribution in [-0.4, -0.2) is 37.6 Å². The topological polar surface area (TPSA) is 115 Å². The zero-order valence-corrected chi connectivity index (χ0v) is 16.7. The van der Waals surface area contributed by atoms with Gasteiger partial charge >= 0.3 is 0 Å². The van der Waals surface area contributed by atoms with E-state index in [1.54, 1.807) is 39.2 Å². The lowest BCUT2D eigenvalue weighted by molar-refractivity contribution is -0.112. The molecule has 3 rings (SSSR count). The minimum absolute atomic E-state index is 0.122. The SMILES string of the molecule is Cc1c(C(=O)N(C)C)sc(NC(=O)C(C#N)=Cc2ccc3c(c2)OCO3)c1C#N. The van der Waals surface area contributed by atoms with Crippen molar-refractivity contribution in [2.75, 3.05) is 26.2 Å². The van der Waals surface area contributed by atoms with Crippen LogP contribution in [0.5, 0.6) is 11.5 Å². The van der Waals surface area contributed by atoms with Crippen molar-refractivity contribution in [3.05, 3.63) is 45.3 Å². The first-order valence-electron chi connectivity index (χ1n) is 8.43. The van der Waals surface area contributed by atoms with E-state index in [4.69, 9.17) is 9.47 Å². The largest absolute Gasteiger partial charge is 0.454 e. The molecule has 0 aliphatic carbocycles. The number of thiophene rings is 1. The van der Waals surface area contributed by atoms with Crippen LogP contribution in [0.15, 0.2) is 23.8 Å². The van der Waals surface area contributed by atoms with Crippen molar-refractivity contribution in [3.63, 3.8) is 0 Å². The summed E-state index contributed by atoms with van der Waals surface area (Å²) < 4.78 is 10.5. The van der Waals surface area contributed by atoms with Crippen LogP contribution in [0.3, 0.4) is 0 Å². The molecule has 1 aromatic heterocycles. The first-order chi connectivity index (χ1) is 13.8. The molecular weight excluding hydrogens is 392 g/mol. The van der Waals surface area contributed by atoms with Crippen molar-refractivity contribution in [3.8, 4) is 23.6 Å². The molecule has 1 N–H and O–H groups in total. The Morgan fingerprint density at radius 2 is 1.97 bits per heavy atom. The molecule has 2 aromatic rings. The highest BCUT2D eigenvalue weighted by Gasteiger charge is 2.23. The third-order valence-corrected chi connectivity index (χ3v) is 5.35. The third kappa shape index (κ3) is 3.91. The van der Waals surface area contributed by atoms with Crippen molar-refractivity contribution in [1.82, 2.24) is 4.90 Å². The first-order valence-corrected chi connectivity index (χ1v) is 9.25. The fraction of sp³-hybridized carbons (Fsp3) is 0.200. The lowest BCUT2D eigenvalue weighted by Gasteiger charge is -2.08. The number of nitriles is 2. The van der Waals surface area contributed by atoms with Gasteiger partial charge in [0.05, 0.1) is 10.4 Å². The molecule has 1 aliphatic heterocycles. The normalized spacial score (nSPS) is 12.1. The summed E-state index contributed by atoms with van der Waals surface area (Å²) in [5.74, 6) is 0.188. The molecule has 2 amide bonds. The van der Waals surface area contributed by atoms with E-state index in [1.165, 1.54) is 11.0 Å². The highest BCUT2D eigenvalue weighted by Crippen LogP contribution is 2.34. The van der Waals surface area contributed by atoms with Crippen LogP contribution < -0.4 is 14.8 Å². The van der Waals surface area contributed by atoms with Crippen molar-refractivity contribution >= 4 is 34.2 Å². The van der Waals surface area contributed by atoms with Crippen LogP contribution in [0.1, 0.15) is 26.4 Å². The first kappa shape index (κ1) is 19.9. The van der Waals surface area contributed by atoms with Gasteiger partial charge in [0.1, 0.15) is 22.7 Å². The quantitative estimate of drug-likeness (QED) is 0.614. The van der Waals surface area contributed by atoms with Crippen molar-refractivity contribution in [2.45, 2.75) is 6.92 Å². The Labute approximate surface area is 171 Å². The van der Waals surface area contributed by atoms with Gasteiger partial charge in [-0.2, -0.15) is 10.5 Å². The number of hydrogen-bond acceptors (Lipinski definition) is 7. The maximum atomic E-state index is 12.6. The molecule has 0 fully saturated rings. The van der Waals surface area contributed by atoms with E-state index in [1.807, 2.05) is 12.1 Å². The average molecular weight is 408 g/mol. The van der Waals surface area contributed by atoms with Crippen LogP contribution >= 0.6 is 11.3 Å². The number of hydrogen-bond donors (Lipinski definition) is 1. The molecule has 0 bridgehead atoms. The second-order valence-corrected chi connectivity index (χ2v) is 7.33. The molecule has 0 spiro atoms. The number of anilines is 1. The number of fused-ring (bicyclic) bond motifs is 1. The second kappa shape index (κ2) is 8.05. The maximum absolute atomic E-state index is 12.6. The number of ether oxygens (including phenoxy) is 2. The van der Waals surface area contributed by atoms with Crippen LogP contribution in [0, 0.1) is 29.6 Å². The molecule has 1 aromatic carbocycles. The molecule has 0 atom stereocenters. The molecule has 2 heterocycles. The summed E-state index contributed by atoms with van der Waals surface area (Å²) in [5.41, 5.74) is 1.13. The standard InChI is InChI=1S/C20H16N4O4S/c1-11-14(9-22)19(29-17(11)20(26)24(2)3)23-18(25)13(8-21)6-12-4-5-15-16(7-12)28-10-27-15/h4-7H,10H2,1-3H3,(H,23,25). The molecule has 0 saturated carbocycles. The molecule has 146 valence electrons. The fourth-order valence-corrected chi connectivity index (χ4v) is 3.81. The Hall–Kier alpha value is -3.82. The Morgan fingerprint density at radius 3 is 2.62 bits per heavy atom. The van der Waals surface area contributed by atoms with Crippen LogP contribution in [0.2, 0.25) is 0 Å². The van der Waals surface area contributed by atoms with Gasteiger partial charge < -0.3 is 19.7 Å². The van der Waals surface area contributed by atoms with Gasteiger partial charge in [0, 0.05) is 14.1 Å². The maximum Gasteiger partial charge on any atom is 0.266 e. The lowest BCUT2D eigenvalue weighted by atomic mass is 10.1. The molecule has 0 radical (unpaired) electrons. The van der Waals surface area contributed by atoms with E-state index in [0.717, 1.165) is 11.3 Å². The summed E-state index contributed by atoms with van der Waals surface area (Å²) in [4.78, 5) is 26.7. The predicted molar refractivity (Wildman–Crippen MR) is 107 cm³/mol. The van der Waals surface area contributed by atoms with E-state index >= 15 is 0 Å². The van der Waals surface area contributed by atoms with Gasteiger partial charge in [-0.3, -0.25) is 9.59 Å². The molecule has 1 aliphatic rings. The number of carbonyl (C=O) groups is 2. The van der Waals surface area contributed by atoms with Gasteiger partial charge in [-0.25, -0.2) is 0 Å². The predicted octanol–water partition coefficient (Wildman–Crippen LogP) is 2.90. The fourth-order valence-electron chi connectivity index (χ4n) is 2.63. The minimum Gasteiger partial charge on any atom is -0.454 e. The number of nitrogens with zero attached hydrogens (tertiary/aromatic N) is 3. The molecule has 9 heteroatoms. The van der Waals surface area contributed by atoms with Gasteiger partial charge in [-0.1, -0.05) is 6.07 Å². The summed E-state index contributed by atoms with van der Waals surface area (Å²) in [7, 11) is 3.21. The van der Waals surface area contributed by atoms with Gasteiger partial charge in [0.2, 0.25) is 6.79 Å².